The Hall–Kier alpha value is -0.370. The lowest BCUT2D eigenvalue weighted by Crippen LogP contribution is -2.48. The van der Waals surface area contributed by atoms with Crippen molar-refractivity contribution in [1.29, 1.82) is 0 Å². The maximum absolute atomic E-state index is 12.5. The van der Waals surface area contributed by atoms with Crippen molar-refractivity contribution in [3.63, 3.8) is 0 Å². The van der Waals surface area contributed by atoms with Crippen molar-refractivity contribution in [2.45, 2.75) is 90.1 Å². The highest BCUT2D eigenvalue weighted by Gasteiger charge is 2.43. The molecule has 1 rings (SSSR count). The summed E-state index contributed by atoms with van der Waals surface area (Å²) >= 11 is 0. The first-order valence-corrected chi connectivity index (χ1v) is 8.25. The van der Waals surface area contributed by atoms with E-state index in [0.717, 1.165) is 25.7 Å². The predicted molar refractivity (Wildman–Crippen MR) is 80.4 cm³/mol. The molecule has 0 amide bonds. The van der Waals surface area contributed by atoms with E-state index in [1.165, 1.54) is 38.5 Å². The molecule has 0 N–H and O–H groups in total. The number of rotatable bonds is 9. The van der Waals surface area contributed by atoms with Gasteiger partial charge in [0.15, 0.2) is 5.78 Å². The van der Waals surface area contributed by atoms with E-state index >= 15 is 0 Å². The third-order valence-corrected chi connectivity index (χ3v) is 4.82. The quantitative estimate of drug-likeness (QED) is 0.556. The maximum atomic E-state index is 12.5. The Bertz CT molecular complexity index is 262. The second kappa shape index (κ2) is 8.73. The van der Waals surface area contributed by atoms with Crippen LogP contribution in [0.3, 0.4) is 0 Å². The number of carbonyl (C=O) groups is 1. The van der Waals surface area contributed by atoms with Crippen molar-refractivity contribution in [3.8, 4) is 0 Å². The number of ether oxygens (including phenoxy) is 1. The third-order valence-electron chi connectivity index (χ3n) is 4.82. The molecular formula is C17H32O2. The minimum absolute atomic E-state index is 0.359. The molecule has 112 valence electrons. The predicted octanol–water partition coefficient (Wildman–Crippen LogP) is 4.90. The van der Waals surface area contributed by atoms with Gasteiger partial charge >= 0.3 is 0 Å². The van der Waals surface area contributed by atoms with Crippen LogP contribution in [0, 0.1) is 5.92 Å². The molecule has 0 saturated heterocycles. The first-order valence-electron chi connectivity index (χ1n) is 8.25. The lowest BCUT2D eigenvalue weighted by atomic mass is 9.72. The molecule has 1 fully saturated rings. The second-order valence-corrected chi connectivity index (χ2v) is 6.18. The van der Waals surface area contributed by atoms with Gasteiger partial charge in [-0.15, -0.1) is 0 Å². The van der Waals surface area contributed by atoms with Crippen molar-refractivity contribution >= 4 is 5.78 Å². The molecule has 2 atom stereocenters. The van der Waals surface area contributed by atoms with Crippen LogP contribution in [-0.4, -0.2) is 18.5 Å². The van der Waals surface area contributed by atoms with Crippen LogP contribution in [0.5, 0.6) is 0 Å². The van der Waals surface area contributed by atoms with Crippen LogP contribution >= 0.6 is 0 Å². The highest BCUT2D eigenvalue weighted by Crippen LogP contribution is 2.38. The van der Waals surface area contributed by atoms with Crippen LogP contribution in [0.4, 0.5) is 0 Å². The van der Waals surface area contributed by atoms with E-state index < -0.39 is 5.60 Å². The van der Waals surface area contributed by atoms with E-state index in [4.69, 9.17) is 4.74 Å². The summed E-state index contributed by atoms with van der Waals surface area (Å²) in [4.78, 5) is 12.5. The molecular weight excluding hydrogens is 236 g/mol. The van der Waals surface area contributed by atoms with Crippen molar-refractivity contribution < 1.29 is 9.53 Å². The Labute approximate surface area is 119 Å². The van der Waals surface area contributed by atoms with Crippen molar-refractivity contribution in [1.82, 2.24) is 0 Å². The Kier molecular flexibility index (Phi) is 7.67. The van der Waals surface area contributed by atoms with Crippen LogP contribution in [0.25, 0.3) is 0 Å². The number of carbonyl (C=O) groups excluding carboxylic acids is 1. The highest BCUT2D eigenvalue weighted by atomic mass is 16.5. The van der Waals surface area contributed by atoms with Crippen LogP contribution in [0.2, 0.25) is 0 Å². The summed E-state index contributed by atoms with van der Waals surface area (Å²) in [5.41, 5.74) is -0.457. The van der Waals surface area contributed by atoms with Gasteiger partial charge in [-0.2, -0.15) is 0 Å². The second-order valence-electron chi connectivity index (χ2n) is 6.18. The molecule has 2 nitrogen and oxygen atoms in total. The van der Waals surface area contributed by atoms with Gasteiger partial charge in [-0.1, -0.05) is 58.8 Å². The molecule has 2 heteroatoms. The van der Waals surface area contributed by atoms with E-state index in [-0.39, 0.29) is 0 Å². The first kappa shape index (κ1) is 16.7. The number of hydrogen-bond donors (Lipinski definition) is 0. The molecule has 2 unspecified atom stereocenters. The van der Waals surface area contributed by atoms with E-state index in [9.17, 15) is 4.79 Å². The van der Waals surface area contributed by atoms with Crippen LogP contribution < -0.4 is 0 Å². The lowest BCUT2D eigenvalue weighted by Gasteiger charge is -2.40. The fourth-order valence-electron chi connectivity index (χ4n) is 3.43. The molecule has 1 saturated carbocycles. The molecule has 19 heavy (non-hydrogen) atoms. The summed E-state index contributed by atoms with van der Waals surface area (Å²) in [6.45, 7) is 4.41. The Balaban J connectivity index is 2.33. The van der Waals surface area contributed by atoms with E-state index in [0.29, 0.717) is 18.1 Å². The standard InChI is InChI=1S/C17H32O2/c1-4-5-6-7-8-9-13-16(18)17(19-3)14-11-10-12-15(17)2/h15H,4-14H2,1-3H3. The largest absolute Gasteiger partial charge is 0.370 e. The zero-order chi connectivity index (χ0) is 14.1. The van der Waals surface area contributed by atoms with Gasteiger partial charge in [0.1, 0.15) is 5.60 Å². The molecule has 0 radical (unpaired) electrons. The van der Waals surface area contributed by atoms with E-state index in [2.05, 4.69) is 13.8 Å². The number of unbranched alkanes of at least 4 members (excludes halogenated alkanes) is 5. The minimum atomic E-state index is -0.457. The molecule has 0 aromatic heterocycles. The number of hydrogen-bond acceptors (Lipinski definition) is 2. The molecule has 1 aliphatic rings. The van der Waals surface area contributed by atoms with Gasteiger partial charge in [0, 0.05) is 13.5 Å². The summed E-state index contributed by atoms with van der Waals surface area (Å²) in [6, 6.07) is 0. The zero-order valence-corrected chi connectivity index (χ0v) is 13.2. The Morgan fingerprint density at radius 1 is 1.16 bits per heavy atom. The summed E-state index contributed by atoms with van der Waals surface area (Å²) in [5.74, 6) is 0.747. The molecule has 0 bridgehead atoms. The lowest BCUT2D eigenvalue weighted by molar-refractivity contribution is -0.152. The zero-order valence-electron chi connectivity index (χ0n) is 13.2. The maximum Gasteiger partial charge on any atom is 0.164 e. The molecule has 0 aliphatic heterocycles. The monoisotopic (exact) mass is 268 g/mol. The molecule has 0 spiro atoms. The van der Waals surface area contributed by atoms with E-state index in [1.807, 2.05) is 0 Å². The fourth-order valence-corrected chi connectivity index (χ4v) is 3.43. The van der Waals surface area contributed by atoms with E-state index in [1.54, 1.807) is 7.11 Å². The van der Waals surface area contributed by atoms with Gasteiger partial charge in [0.2, 0.25) is 0 Å². The molecule has 0 heterocycles. The number of ketones is 1. The summed E-state index contributed by atoms with van der Waals surface area (Å²) in [7, 11) is 1.72. The summed E-state index contributed by atoms with van der Waals surface area (Å²) in [6.07, 6.45) is 12.6. The Morgan fingerprint density at radius 2 is 1.84 bits per heavy atom. The van der Waals surface area contributed by atoms with Gasteiger partial charge in [-0.25, -0.2) is 0 Å². The number of Topliss-reactive ketones (excluding diaryl/α,β-unsaturated/α-hetero) is 1. The SMILES string of the molecule is CCCCCCCCC(=O)C1(OC)CCCCC1C. The van der Waals surface area contributed by atoms with Gasteiger partial charge in [0.25, 0.3) is 0 Å². The average molecular weight is 268 g/mol. The summed E-state index contributed by atoms with van der Waals surface area (Å²) < 4.78 is 5.70. The van der Waals surface area contributed by atoms with Gasteiger partial charge in [-0.3, -0.25) is 4.79 Å². The fraction of sp³-hybridized carbons (Fsp3) is 0.941. The van der Waals surface area contributed by atoms with Crippen LogP contribution in [-0.2, 0) is 9.53 Å². The topological polar surface area (TPSA) is 26.3 Å². The number of methoxy groups -OCH3 is 1. The van der Waals surface area contributed by atoms with Crippen LogP contribution in [0.15, 0.2) is 0 Å². The van der Waals surface area contributed by atoms with Gasteiger partial charge < -0.3 is 4.74 Å². The van der Waals surface area contributed by atoms with Crippen LogP contribution in [0.1, 0.15) is 84.5 Å². The summed E-state index contributed by atoms with van der Waals surface area (Å²) in [5, 5.41) is 0. The highest BCUT2D eigenvalue weighted by molar-refractivity contribution is 5.87. The van der Waals surface area contributed by atoms with Crippen molar-refractivity contribution in [2.75, 3.05) is 7.11 Å². The third kappa shape index (κ3) is 4.59. The minimum Gasteiger partial charge on any atom is -0.370 e. The molecule has 0 aromatic rings. The van der Waals surface area contributed by atoms with Gasteiger partial charge in [-0.05, 0) is 25.2 Å². The first-order chi connectivity index (χ1) is 9.17. The average Bonchev–Trinajstić information content (AvgIpc) is 2.43. The van der Waals surface area contributed by atoms with Gasteiger partial charge in [0.05, 0.1) is 0 Å². The van der Waals surface area contributed by atoms with Crippen molar-refractivity contribution in [3.05, 3.63) is 0 Å². The van der Waals surface area contributed by atoms with Crippen molar-refractivity contribution in [2.24, 2.45) is 5.92 Å². The molecule has 0 aromatic carbocycles. The normalized spacial score (nSPS) is 27.4. The smallest absolute Gasteiger partial charge is 0.164 e. The molecule has 1 aliphatic carbocycles. The Morgan fingerprint density at radius 3 is 2.47 bits per heavy atom.